The smallest absolute Gasteiger partial charge is 0.315 e. The molecule has 2 unspecified atom stereocenters. The second kappa shape index (κ2) is 6.92. The molecule has 0 aliphatic carbocycles. The Bertz CT molecular complexity index is 428. The van der Waals surface area contributed by atoms with Gasteiger partial charge in [0.1, 0.15) is 5.92 Å². The normalized spacial score (nSPS) is 13.9. The summed E-state index contributed by atoms with van der Waals surface area (Å²) in [5.74, 6) is -2.17. The average Bonchev–Trinajstić information content (AvgIpc) is 2.37. The van der Waals surface area contributed by atoms with Gasteiger partial charge in [-0.25, -0.2) is 0 Å². The van der Waals surface area contributed by atoms with Crippen molar-refractivity contribution in [1.29, 1.82) is 0 Å². The van der Waals surface area contributed by atoms with E-state index in [2.05, 4.69) is 19.2 Å². The maximum Gasteiger partial charge on any atom is 0.315 e. The third kappa shape index (κ3) is 4.73. The number of hydrogen-bond acceptors (Lipinski definition) is 2. The number of rotatable bonds is 6. The summed E-state index contributed by atoms with van der Waals surface area (Å²) >= 11 is 0. The Morgan fingerprint density at radius 3 is 2.21 bits per heavy atom. The molecule has 0 saturated heterocycles. The Morgan fingerprint density at radius 1 is 1.16 bits per heavy atom. The first-order valence-electron chi connectivity index (χ1n) is 6.50. The van der Waals surface area contributed by atoms with Crippen LogP contribution in [0.1, 0.15) is 38.8 Å². The van der Waals surface area contributed by atoms with Crippen molar-refractivity contribution in [2.24, 2.45) is 11.8 Å². The molecule has 2 N–H and O–H groups in total. The minimum Gasteiger partial charge on any atom is -0.481 e. The molecule has 0 heterocycles. The van der Waals surface area contributed by atoms with Crippen LogP contribution in [0.25, 0.3) is 0 Å². The van der Waals surface area contributed by atoms with Crippen molar-refractivity contribution in [1.82, 2.24) is 5.32 Å². The van der Waals surface area contributed by atoms with Crippen molar-refractivity contribution in [2.75, 3.05) is 0 Å². The number of hydrogen-bond donors (Lipinski definition) is 2. The molecule has 0 bridgehead atoms. The van der Waals surface area contributed by atoms with Gasteiger partial charge in [0.15, 0.2) is 0 Å². The molecule has 0 aliphatic heterocycles. The molecular weight excluding hydrogens is 242 g/mol. The van der Waals surface area contributed by atoms with E-state index < -0.39 is 17.8 Å². The van der Waals surface area contributed by atoms with E-state index in [1.54, 1.807) is 0 Å². The fourth-order valence-electron chi connectivity index (χ4n) is 1.84. The molecule has 0 spiro atoms. The van der Waals surface area contributed by atoms with Gasteiger partial charge >= 0.3 is 5.97 Å². The van der Waals surface area contributed by atoms with Crippen molar-refractivity contribution < 1.29 is 14.7 Å². The summed E-state index contributed by atoms with van der Waals surface area (Å²) in [6.45, 7) is 5.54. The standard InChI is InChI=1S/C15H21NO3/c1-10(2)9-13(12-7-5-4-6-8-12)16-14(17)11(3)15(18)19/h4-8,10-11,13H,9H2,1-3H3,(H,16,17)(H,18,19). The number of benzene rings is 1. The maximum absolute atomic E-state index is 11.9. The maximum atomic E-state index is 11.9. The molecule has 0 radical (unpaired) electrons. The summed E-state index contributed by atoms with van der Waals surface area (Å²) in [6, 6.07) is 9.48. The Hall–Kier alpha value is -1.84. The van der Waals surface area contributed by atoms with E-state index in [0.717, 1.165) is 12.0 Å². The molecule has 2 atom stereocenters. The first kappa shape index (κ1) is 15.2. The van der Waals surface area contributed by atoms with Gasteiger partial charge in [0, 0.05) is 0 Å². The van der Waals surface area contributed by atoms with Crippen molar-refractivity contribution in [3.63, 3.8) is 0 Å². The second-order valence-corrected chi connectivity index (χ2v) is 5.16. The van der Waals surface area contributed by atoms with E-state index >= 15 is 0 Å². The molecule has 1 amide bonds. The zero-order chi connectivity index (χ0) is 14.4. The number of carbonyl (C=O) groups is 2. The fourth-order valence-corrected chi connectivity index (χ4v) is 1.84. The molecule has 0 aromatic heterocycles. The summed E-state index contributed by atoms with van der Waals surface area (Å²) in [7, 11) is 0. The highest BCUT2D eigenvalue weighted by Crippen LogP contribution is 2.21. The molecule has 0 aliphatic rings. The van der Waals surface area contributed by atoms with Crippen LogP contribution in [0.5, 0.6) is 0 Å². The van der Waals surface area contributed by atoms with Crippen molar-refractivity contribution >= 4 is 11.9 Å². The van der Waals surface area contributed by atoms with E-state index in [1.807, 2.05) is 30.3 Å². The van der Waals surface area contributed by atoms with Crippen LogP contribution >= 0.6 is 0 Å². The number of amides is 1. The van der Waals surface area contributed by atoms with Crippen LogP contribution in [0, 0.1) is 11.8 Å². The quantitative estimate of drug-likeness (QED) is 0.775. The monoisotopic (exact) mass is 263 g/mol. The van der Waals surface area contributed by atoms with E-state index in [0.29, 0.717) is 5.92 Å². The molecule has 4 nitrogen and oxygen atoms in total. The number of nitrogens with one attached hydrogen (secondary N) is 1. The van der Waals surface area contributed by atoms with Gasteiger partial charge in [0.2, 0.25) is 5.91 Å². The van der Waals surface area contributed by atoms with Gasteiger partial charge in [0.05, 0.1) is 6.04 Å². The van der Waals surface area contributed by atoms with Gasteiger partial charge in [-0.15, -0.1) is 0 Å². The van der Waals surface area contributed by atoms with E-state index in [9.17, 15) is 9.59 Å². The van der Waals surface area contributed by atoms with Crippen LogP contribution in [0.4, 0.5) is 0 Å². The van der Waals surface area contributed by atoms with Crippen LogP contribution < -0.4 is 5.32 Å². The van der Waals surface area contributed by atoms with Crippen LogP contribution in [0.2, 0.25) is 0 Å². The van der Waals surface area contributed by atoms with Gasteiger partial charge in [-0.3, -0.25) is 9.59 Å². The predicted octanol–water partition coefficient (Wildman–Crippen LogP) is 2.61. The van der Waals surface area contributed by atoms with Crippen molar-refractivity contribution in [3.8, 4) is 0 Å². The summed E-state index contributed by atoms with van der Waals surface area (Å²) in [6.07, 6.45) is 0.780. The Morgan fingerprint density at radius 2 is 1.74 bits per heavy atom. The molecule has 0 fully saturated rings. The summed E-state index contributed by atoms with van der Waals surface area (Å²) in [5, 5.41) is 11.7. The molecule has 1 aromatic carbocycles. The van der Waals surface area contributed by atoms with Crippen molar-refractivity contribution in [3.05, 3.63) is 35.9 Å². The molecule has 0 saturated carbocycles. The van der Waals surface area contributed by atoms with Gasteiger partial charge < -0.3 is 10.4 Å². The zero-order valence-electron chi connectivity index (χ0n) is 11.6. The van der Waals surface area contributed by atoms with Crippen LogP contribution in [0.3, 0.4) is 0 Å². The van der Waals surface area contributed by atoms with Crippen LogP contribution in [0.15, 0.2) is 30.3 Å². The molecule has 4 heteroatoms. The molecule has 1 aromatic rings. The number of aliphatic carboxylic acids is 1. The predicted molar refractivity (Wildman–Crippen MR) is 73.6 cm³/mol. The minimum absolute atomic E-state index is 0.143. The highest BCUT2D eigenvalue weighted by Gasteiger charge is 2.24. The van der Waals surface area contributed by atoms with Gasteiger partial charge in [-0.2, -0.15) is 0 Å². The molecule has 104 valence electrons. The summed E-state index contributed by atoms with van der Waals surface area (Å²) in [5.41, 5.74) is 1.00. The van der Waals surface area contributed by atoms with Crippen LogP contribution in [-0.4, -0.2) is 17.0 Å². The largest absolute Gasteiger partial charge is 0.481 e. The van der Waals surface area contributed by atoms with Gasteiger partial charge in [0.25, 0.3) is 0 Å². The zero-order valence-corrected chi connectivity index (χ0v) is 11.6. The molecule has 19 heavy (non-hydrogen) atoms. The lowest BCUT2D eigenvalue weighted by atomic mass is 9.96. The molecular formula is C15H21NO3. The topological polar surface area (TPSA) is 66.4 Å². The Labute approximate surface area is 113 Å². The van der Waals surface area contributed by atoms with E-state index in [4.69, 9.17) is 5.11 Å². The Balaban J connectivity index is 2.82. The third-order valence-corrected chi connectivity index (χ3v) is 2.99. The lowest BCUT2D eigenvalue weighted by molar-refractivity contribution is -0.146. The fraction of sp³-hybridized carbons (Fsp3) is 0.467. The number of carboxylic acids is 1. The lowest BCUT2D eigenvalue weighted by Crippen LogP contribution is -2.36. The number of carboxylic acid groups (broad SMARTS) is 1. The first-order chi connectivity index (χ1) is 8.91. The lowest BCUT2D eigenvalue weighted by Gasteiger charge is -2.22. The SMILES string of the molecule is CC(C)CC(NC(=O)C(C)C(=O)O)c1ccccc1. The third-order valence-electron chi connectivity index (χ3n) is 2.99. The second-order valence-electron chi connectivity index (χ2n) is 5.16. The summed E-state index contributed by atoms with van der Waals surface area (Å²) < 4.78 is 0. The highest BCUT2D eigenvalue weighted by atomic mass is 16.4. The van der Waals surface area contributed by atoms with Gasteiger partial charge in [-0.1, -0.05) is 44.2 Å². The minimum atomic E-state index is -1.10. The Kier molecular flexibility index (Phi) is 5.55. The van der Waals surface area contributed by atoms with E-state index in [-0.39, 0.29) is 6.04 Å². The van der Waals surface area contributed by atoms with Crippen molar-refractivity contribution in [2.45, 2.75) is 33.2 Å². The first-order valence-corrected chi connectivity index (χ1v) is 6.50. The average molecular weight is 263 g/mol. The highest BCUT2D eigenvalue weighted by molar-refractivity contribution is 5.96. The van der Waals surface area contributed by atoms with Crippen LogP contribution in [-0.2, 0) is 9.59 Å². The summed E-state index contributed by atoms with van der Waals surface area (Å²) in [4.78, 5) is 22.7. The molecule has 1 rings (SSSR count). The number of carbonyl (C=O) groups excluding carboxylic acids is 1. The van der Waals surface area contributed by atoms with E-state index in [1.165, 1.54) is 6.92 Å². The van der Waals surface area contributed by atoms with Gasteiger partial charge in [-0.05, 0) is 24.8 Å².